The summed E-state index contributed by atoms with van der Waals surface area (Å²) in [4.78, 5) is 37.9. The summed E-state index contributed by atoms with van der Waals surface area (Å²) in [5.41, 5.74) is 0. The van der Waals surface area contributed by atoms with Gasteiger partial charge in [0, 0.05) is 19.3 Å². The molecule has 1 unspecified atom stereocenters. The lowest BCUT2D eigenvalue weighted by molar-refractivity contribution is -0.166. The molecule has 1 atom stereocenters. The third-order valence-corrected chi connectivity index (χ3v) is 10.5. The summed E-state index contributed by atoms with van der Waals surface area (Å²) in [5.74, 6) is -1.10. The summed E-state index contributed by atoms with van der Waals surface area (Å²) in [6.45, 7) is 6.35. The topological polar surface area (TPSA) is 78.9 Å². The number of carbonyl (C=O) groups is 3. The molecule has 0 spiro atoms. The van der Waals surface area contributed by atoms with Gasteiger partial charge in [-0.1, -0.05) is 207 Å². The highest BCUT2D eigenvalue weighted by Crippen LogP contribution is 2.12. The fourth-order valence-corrected chi connectivity index (χ4v) is 6.63. The molecule has 6 nitrogen and oxygen atoms in total. The lowest BCUT2D eigenvalue weighted by atomic mass is 10.1. The number of unbranched alkanes of at least 4 members (excludes halogenated alkanes) is 16. The molecule has 0 aromatic carbocycles. The predicted molar refractivity (Wildman–Crippen MR) is 274 cm³/mol. The molecule has 0 amide bonds. The van der Waals surface area contributed by atoms with Crippen molar-refractivity contribution in [2.45, 2.75) is 226 Å². The zero-order chi connectivity index (χ0) is 46.5. The number of esters is 3. The summed E-state index contributed by atoms with van der Waals surface area (Å²) < 4.78 is 16.6. The molecule has 0 rings (SSSR count). The van der Waals surface area contributed by atoms with E-state index in [4.69, 9.17) is 14.2 Å². The lowest BCUT2D eigenvalue weighted by Gasteiger charge is -2.18. The van der Waals surface area contributed by atoms with Crippen molar-refractivity contribution in [3.05, 3.63) is 109 Å². The molecule has 64 heavy (non-hydrogen) atoms. The van der Waals surface area contributed by atoms with Crippen LogP contribution >= 0.6 is 0 Å². The Bertz CT molecular complexity index is 1340. The van der Waals surface area contributed by atoms with E-state index in [1.807, 2.05) is 18.2 Å². The van der Waals surface area contributed by atoms with Gasteiger partial charge in [0.05, 0.1) is 0 Å². The van der Waals surface area contributed by atoms with Gasteiger partial charge in [-0.05, 0) is 103 Å². The summed E-state index contributed by atoms with van der Waals surface area (Å²) in [6.07, 6.45) is 69.5. The van der Waals surface area contributed by atoms with Crippen LogP contribution in [0.3, 0.4) is 0 Å². The van der Waals surface area contributed by atoms with Gasteiger partial charge in [-0.25, -0.2) is 0 Å². The van der Waals surface area contributed by atoms with Crippen LogP contribution in [0.25, 0.3) is 0 Å². The first-order chi connectivity index (χ1) is 31.5. The lowest BCUT2D eigenvalue weighted by Crippen LogP contribution is -2.30. The Morgan fingerprint density at radius 3 is 1.08 bits per heavy atom. The van der Waals surface area contributed by atoms with Gasteiger partial charge in [-0.15, -0.1) is 0 Å². The van der Waals surface area contributed by atoms with Crippen molar-refractivity contribution < 1.29 is 28.6 Å². The maximum Gasteiger partial charge on any atom is 0.306 e. The average molecular weight is 887 g/mol. The molecule has 0 saturated heterocycles. The number of hydrogen-bond acceptors (Lipinski definition) is 6. The summed E-state index contributed by atoms with van der Waals surface area (Å²) >= 11 is 0. The van der Waals surface area contributed by atoms with Gasteiger partial charge in [0.1, 0.15) is 13.2 Å². The van der Waals surface area contributed by atoms with Crippen LogP contribution in [0.2, 0.25) is 0 Å². The fraction of sp³-hybridized carbons (Fsp3) is 0.638. The molecule has 0 N–H and O–H groups in total. The smallest absolute Gasteiger partial charge is 0.306 e. The Morgan fingerprint density at radius 1 is 0.328 bits per heavy atom. The van der Waals surface area contributed by atoms with E-state index in [1.54, 1.807) is 0 Å². The fourth-order valence-electron chi connectivity index (χ4n) is 6.63. The Hall–Kier alpha value is -3.93. The molecule has 0 saturated carbocycles. The van der Waals surface area contributed by atoms with Crippen molar-refractivity contribution in [2.75, 3.05) is 13.2 Å². The van der Waals surface area contributed by atoms with Crippen LogP contribution in [0.1, 0.15) is 220 Å². The molecule has 0 aliphatic carbocycles. The average Bonchev–Trinajstić information content (AvgIpc) is 3.29. The second kappa shape index (κ2) is 51.7. The molecule has 0 aliphatic heterocycles. The Kier molecular flexibility index (Phi) is 48.5. The zero-order valence-electron chi connectivity index (χ0n) is 41.3. The van der Waals surface area contributed by atoms with Crippen molar-refractivity contribution in [1.29, 1.82) is 0 Å². The molecule has 0 fully saturated rings. The quantitative estimate of drug-likeness (QED) is 0.0262. The predicted octanol–water partition coefficient (Wildman–Crippen LogP) is 17.1. The maximum absolute atomic E-state index is 12.8. The van der Waals surface area contributed by atoms with E-state index in [0.717, 1.165) is 77.0 Å². The van der Waals surface area contributed by atoms with Crippen molar-refractivity contribution >= 4 is 17.9 Å². The first-order valence-corrected chi connectivity index (χ1v) is 25.9. The Labute approximate surface area is 393 Å². The SMILES string of the molecule is CC/C=C/C/C=C/C/C=C/C/C=C/C/C=C/CCC(=O)OC(COC(=O)CC/C=C/C/C=C/CCCCCCCC)COC(=O)CCCCCCCCC/C=C/C/C=C/CCCCC. The summed E-state index contributed by atoms with van der Waals surface area (Å²) in [5, 5.41) is 0. The third-order valence-electron chi connectivity index (χ3n) is 10.5. The monoisotopic (exact) mass is 887 g/mol. The number of ether oxygens (including phenoxy) is 3. The van der Waals surface area contributed by atoms with Crippen LogP contribution in [0, 0.1) is 0 Å². The summed E-state index contributed by atoms with van der Waals surface area (Å²) in [6, 6.07) is 0. The zero-order valence-corrected chi connectivity index (χ0v) is 41.3. The molecule has 0 radical (unpaired) electrons. The van der Waals surface area contributed by atoms with Crippen molar-refractivity contribution in [3.63, 3.8) is 0 Å². The van der Waals surface area contributed by atoms with E-state index in [1.165, 1.54) is 89.9 Å². The van der Waals surface area contributed by atoms with Crippen LogP contribution in [-0.2, 0) is 28.6 Å². The summed E-state index contributed by atoms with van der Waals surface area (Å²) in [7, 11) is 0. The molecule has 0 aliphatic rings. The van der Waals surface area contributed by atoms with Gasteiger partial charge in [0.2, 0.25) is 0 Å². The van der Waals surface area contributed by atoms with Gasteiger partial charge < -0.3 is 14.2 Å². The number of carbonyl (C=O) groups excluding carboxylic acids is 3. The maximum atomic E-state index is 12.8. The molecular weight excluding hydrogens is 793 g/mol. The first kappa shape index (κ1) is 60.1. The van der Waals surface area contributed by atoms with E-state index in [9.17, 15) is 14.4 Å². The highest BCUT2D eigenvalue weighted by atomic mass is 16.6. The van der Waals surface area contributed by atoms with Crippen molar-refractivity contribution in [2.24, 2.45) is 0 Å². The second-order valence-electron chi connectivity index (χ2n) is 16.7. The van der Waals surface area contributed by atoms with E-state index >= 15 is 0 Å². The van der Waals surface area contributed by atoms with E-state index in [-0.39, 0.29) is 38.0 Å². The highest BCUT2D eigenvalue weighted by Gasteiger charge is 2.19. The minimum atomic E-state index is -0.845. The Balaban J connectivity index is 4.57. The van der Waals surface area contributed by atoms with Crippen LogP contribution in [0.5, 0.6) is 0 Å². The molecule has 362 valence electrons. The van der Waals surface area contributed by atoms with Crippen LogP contribution in [0.4, 0.5) is 0 Å². The van der Waals surface area contributed by atoms with Crippen LogP contribution in [-0.4, -0.2) is 37.2 Å². The number of allylic oxidation sites excluding steroid dienone is 18. The molecule has 0 aromatic rings. The molecule has 0 aromatic heterocycles. The largest absolute Gasteiger partial charge is 0.462 e. The Morgan fingerprint density at radius 2 is 0.641 bits per heavy atom. The highest BCUT2D eigenvalue weighted by molar-refractivity contribution is 5.71. The van der Waals surface area contributed by atoms with Gasteiger partial charge in [0.15, 0.2) is 6.10 Å². The van der Waals surface area contributed by atoms with Crippen LogP contribution < -0.4 is 0 Å². The van der Waals surface area contributed by atoms with Gasteiger partial charge >= 0.3 is 17.9 Å². The standard InChI is InChI=1S/C58H94O6/c1-4-7-10-13-16-19-22-25-27-29-31-33-36-39-42-45-48-51-57(60)63-54-55(53-62-56(59)50-47-44-41-38-35-32-24-21-18-15-12-9-6-3)64-58(61)52-49-46-43-40-37-34-30-28-26-23-20-17-14-11-8-5-2/h8,11,16-17,19-20,25-28,32,34-35,37,41,43-44,46,55H,4-7,9-10,12-15,18,21-24,29-31,33,36,38-40,42,45,47-54H2,1-3H3/b11-8+,19-16+,20-17+,27-25+,28-26+,35-32+,37-34+,44-41+,46-43+. The van der Waals surface area contributed by atoms with E-state index < -0.39 is 12.1 Å². The third kappa shape index (κ3) is 49.1. The molecule has 0 bridgehead atoms. The number of hydrogen-bond donors (Lipinski definition) is 0. The second-order valence-corrected chi connectivity index (χ2v) is 16.7. The number of rotatable bonds is 45. The first-order valence-electron chi connectivity index (χ1n) is 25.9. The van der Waals surface area contributed by atoms with Gasteiger partial charge in [0.25, 0.3) is 0 Å². The normalized spacial score (nSPS) is 13.0. The molecule has 6 heteroatoms. The van der Waals surface area contributed by atoms with Crippen molar-refractivity contribution in [3.8, 4) is 0 Å². The molecular formula is C58H94O6. The van der Waals surface area contributed by atoms with Gasteiger partial charge in [-0.2, -0.15) is 0 Å². The van der Waals surface area contributed by atoms with Crippen molar-refractivity contribution in [1.82, 2.24) is 0 Å². The van der Waals surface area contributed by atoms with E-state index in [2.05, 4.69) is 112 Å². The minimum absolute atomic E-state index is 0.131. The minimum Gasteiger partial charge on any atom is -0.462 e. The molecule has 0 heterocycles. The van der Waals surface area contributed by atoms with Gasteiger partial charge in [-0.3, -0.25) is 14.4 Å². The van der Waals surface area contributed by atoms with Crippen LogP contribution in [0.15, 0.2) is 109 Å². The van der Waals surface area contributed by atoms with E-state index in [0.29, 0.717) is 19.3 Å².